The molecule has 3 heteroatoms. The molecule has 1 amide bonds. The SMILES string of the molecule is Cc1ccc(-c2ccc(C(=O)N(C)C)c(C)n2)cc1. The lowest BCUT2D eigenvalue weighted by atomic mass is 10.1. The largest absolute Gasteiger partial charge is 0.345 e. The van der Waals surface area contributed by atoms with Gasteiger partial charge in [0.1, 0.15) is 0 Å². The third kappa shape index (κ3) is 2.81. The molecule has 19 heavy (non-hydrogen) atoms. The molecule has 0 saturated heterocycles. The molecule has 0 aliphatic carbocycles. The zero-order valence-electron chi connectivity index (χ0n) is 11.8. The van der Waals surface area contributed by atoms with E-state index in [1.54, 1.807) is 19.0 Å². The van der Waals surface area contributed by atoms with E-state index in [0.717, 1.165) is 17.0 Å². The van der Waals surface area contributed by atoms with Crippen molar-refractivity contribution in [3.63, 3.8) is 0 Å². The average molecular weight is 254 g/mol. The highest BCUT2D eigenvalue weighted by molar-refractivity contribution is 5.95. The molecule has 1 heterocycles. The summed E-state index contributed by atoms with van der Waals surface area (Å²) in [6.45, 7) is 3.93. The Hall–Kier alpha value is -2.16. The van der Waals surface area contributed by atoms with Crippen molar-refractivity contribution >= 4 is 5.91 Å². The maximum absolute atomic E-state index is 11.9. The van der Waals surface area contributed by atoms with E-state index in [1.807, 2.05) is 31.2 Å². The summed E-state index contributed by atoms with van der Waals surface area (Å²) in [6.07, 6.45) is 0. The van der Waals surface area contributed by atoms with Crippen molar-refractivity contribution in [2.45, 2.75) is 13.8 Å². The first-order valence-corrected chi connectivity index (χ1v) is 6.25. The van der Waals surface area contributed by atoms with Crippen molar-refractivity contribution in [3.05, 3.63) is 53.2 Å². The standard InChI is InChI=1S/C16H18N2O/c1-11-5-7-13(8-6-11)15-10-9-14(12(2)17-15)16(19)18(3)4/h5-10H,1-4H3. The minimum atomic E-state index is -0.0135. The summed E-state index contributed by atoms with van der Waals surface area (Å²) in [7, 11) is 3.49. The second-order valence-electron chi connectivity index (χ2n) is 4.90. The predicted molar refractivity (Wildman–Crippen MR) is 77.2 cm³/mol. The van der Waals surface area contributed by atoms with Gasteiger partial charge in [-0.1, -0.05) is 29.8 Å². The van der Waals surface area contributed by atoms with Crippen LogP contribution in [-0.4, -0.2) is 29.9 Å². The van der Waals surface area contributed by atoms with Crippen LogP contribution in [0, 0.1) is 13.8 Å². The van der Waals surface area contributed by atoms with Crippen LogP contribution in [0.2, 0.25) is 0 Å². The third-order valence-electron chi connectivity index (χ3n) is 3.07. The molecule has 2 aromatic rings. The number of hydrogen-bond donors (Lipinski definition) is 0. The molecule has 0 aliphatic heterocycles. The minimum Gasteiger partial charge on any atom is -0.345 e. The predicted octanol–water partition coefficient (Wildman–Crippen LogP) is 3.07. The van der Waals surface area contributed by atoms with E-state index < -0.39 is 0 Å². The van der Waals surface area contributed by atoms with Gasteiger partial charge in [-0.25, -0.2) is 0 Å². The zero-order valence-corrected chi connectivity index (χ0v) is 11.8. The van der Waals surface area contributed by atoms with Crippen LogP contribution >= 0.6 is 0 Å². The summed E-state index contributed by atoms with van der Waals surface area (Å²) in [5.41, 5.74) is 4.60. The number of hydrogen-bond acceptors (Lipinski definition) is 2. The first-order chi connectivity index (χ1) is 8.99. The Morgan fingerprint density at radius 3 is 2.16 bits per heavy atom. The van der Waals surface area contributed by atoms with Crippen LogP contribution in [0.25, 0.3) is 11.3 Å². The number of aromatic nitrogens is 1. The molecule has 2 rings (SSSR count). The van der Waals surface area contributed by atoms with E-state index in [0.29, 0.717) is 5.56 Å². The Kier molecular flexibility index (Phi) is 3.65. The lowest BCUT2D eigenvalue weighted by Gasteiger charge is -2.12. The average Bonchev–Trinajstić information content (AvgIpc) is 2.38. The van der Waals surface area contributed by atoms with Crippen molar-refractivity contribution in [1.82, 2.24) is 9.88 Å². The Labute approximate surface area is 113 Å². The van der Waals surface area contributed by atoms with Gasteiger partial charge in [0.05, 0.1) is 17.0 Å². The van der Waals surface area contributed by atoms with E-state index in [9.17, 15) is 4.79 Å². The Bertz CT molecular complexity index is 601. The molecular weight excluding hydrogens is 236 g/mol. The first kappa shape index (κ1) is 13.3. The van der Waals surface area contributed by atoms with Crippen LogP contribution in [0.1, 0.15) is 21.6 Å². The van der Waals surface area contributed by atoms with Gasteiger partial charge in [-0.2, -0.15) is 0 Å². The number of nitrogens with zero attached hydrogens (tertiary/aromatic N) is 2. The van der Waals surface area contributed by atoms with Gasteiger partial charge in [-0.05, 0) is 26.0 Å². The molecule has 0 radical (unpaired) electrons. The maximum Gasteiger partial charge on any atom is 0.255 e. The Morgan fingerprint density at radius 1 is 1.00 bits per heavy atom. The number of benzene rings is 1. The summed E-state index contributed by atoms with van der Waals surface area (Å²) in [6, 6.07) is 12.0. The number of amides is 1. The molecule has 0 fully saturated rings. The molecule has 0 saturated carbocycles. The van der Waals surface area contributed by atoms with E-state index in [-0.39, 0.29) is 5.91 Å². The van der Waals surface area contributed by atoms with Gasteiger partial charge < -0.3 is 4.90 Å². The van der Waals surface area contributed by atoms with Crippen LogP contribution in [0.15, 0.2) is 36.4 Å². The second kappa shape index (κ2) is 5.22. The van der Waals surface area contributed by atoms with Crippen LogP contribution in [-0.2, 0) is 0 Å². The normalized spacial score (nSPS) is 10.3. The lowest BCUT2D eigenvalue weighted by Crippen LogP contribution is -2.22. The van der Waals surface area contributed by atoms with Crippen molar-refractivity contribution < 1.29 is 4.79 Å². The van der Waals surface area contributed by atoms with Gasteiger partial charge in [0.2, 0.25) is 0 Å². The summed E-state index contributed by atoms with van der Waals surface area (Å²) in [5, 5.41) is 0. The monoisotopic (exact) mass is 254 g/mol. The lowest BCUT2D eigenvalue weighted by molar-refractivity contribution is 0.0826. The molecule has 0 spiro atoms. The van der Waals surface area contributed by atoms with Crippen LogP contribution < -0.4 is 0 Å². The molecule has 98 valence electrons. The molecule has 1 aromatic carbocycles. The molecule has 0 N–H and O–H groups in total. The highest BCUT2D eigenvalue weighted by Crippen LogP contribution is 2.20. The smallest absolute Gasteiger partial charge is 0.255 e. The van der Waals surface area contributed by atoms with Crippen molar-refractivity contribution in [2.75, 3.05) is 14.1 Å². The van der Waals surface area contributed by atoms with Crippen LogP contribution in [0.4, 0.5) is 0 Å². The maximum atomic E-state index is 11.9. The number of carbonyl (C=O) groups excluding carboxylic acids is 1. The van der Waals surface area contributed by atoms with E-state index in [2.05, 4.69) is 24.0 Å². The van der Waals surface area contributed by atoms with E-state index in [4.69, 9.17) is 0 Å². The van der Waals surface area contributed by atoms with Gasteiger partial charge >= 0.3 is 0 Å². The quantitative estimate of drug-likeness (QED) is 0.825. The van der Waals surface area contributed by atoms with Crippen LogP contribution in [0.5, 0.6) is 0 Å². The van der Waals surface area contributed by atoms with E-state index in [1.165, 1.54) is 5.56 Å². The molecule has 1 aromatic heterocycles. The number of carbonyl (C=O) groups is 1. The fourth-order valence-corrected chi connectivity index (χ4v) is 1.91. The van der Waals surface area contributed by atoms with Crippen molar-refractivity contribution in [2.24, 2.45) is 0 Å². The summed E-state index contributed by atoms with van der Waals surface area (Å²) in [4.78, 5) is 18.0. The van der Waals surface area contributed by atoms with Gasteiger partial charge in [0, 0.05) is 19.7 Å². The van der Waals surface area contributed by atoms with Crippen molar-refractivity contribution in [3.8, 4) is 11.3 Å². The highest BCUT2D eigenvalue weighted by atomic mass is 16.2. The number of aryl methyl sites for hydroxylation is 2. The Balaban J connectivity index is 2.39. The minimum absolute atomic E-state index is 0.0135. The molecule has 0 unspecified atom stereocenters. The second-order valence-corrected chi connectivity index (χ2v) is 4.90. The zero-order chi connectivity index (χ0) is 14.0. The number of pyridine rings is 1. The fourth-order valence-electron chi connectivity index (χ4n) is 1.91. The molecular formula is C16H18N2O. The summed E-state index contributed by atoms with van der Waals surface area (Å²) in [5.74, 6) is -0.0135. The fraction of sp³-hybridized carbons (Fsp3) is 0.250. The molecule has 0 aliphatic rings. The van der Waals surface area contributed by atoms with Crippen LogP contribution in [0.3, 0.4) is 0 Å². The Morgan fingerprint density at radius 2 is 1.63 bits per heavy atom. The van der Waals surface area contributed by atoms with E-state index >= 15 is 0 Å². The summed E-state index contributed by atoms with van der Waals surface area (Å²) >= 11 is 0. The van der Waals surface area contributed by atoms with Gasteiger partial charge in [0.25, 0.3) is 5.91 Å². The van der Waals surface area contributed by atoms with Gasteiger partial charge in [-0.3, -0.25) is 9.78 Å². The first-order valence-electron chi connectivity index (χ1n) is 6.25. The molecule has 0 bridgehead atoms. The molecule has 0 atom stereocenters. The topological polar surface area (TPSA) is 33.2 Å². The molecule has 3 nitrogen and oxygen atoms in total. The van der Waals surface area contributed by atoms with Gasteiger partial charge in [0.15, 0.2) is 0 Å². The highest BCUT2D eigenvalue weighted by Gasteiger charge is 2.12. The van der Waals surface area contributed by atoms with Crippen molar-refractivity contribution in [1.29, 1.82) is 0 Å². The van der Waals surface area contributed by atoms with Gasteiger partial charge in [-0.15, -0.1) is 0 Å². The summed E-state index contributed by atoms with van der Waals surface area (Å²) < 4.78 is 0. The third-order valence-corrected chi connectivity index (χ3v) is 3.07. The number of rotatable bonds is 2.